The maximum absolute atomic E-state index is 5.97. The zero-order valence-corrected chi connectivity index (χ0v) is 16.9. The van der Waals surface area contributed by atoms with Gasteiger partial charge in [-0.2, -0.15) is 0 Å². The highest BCUT2D eigenvalue weighted by Crippen LogP contribution is 2.15. The number of aliphatic imine (C=N–C) groups is 1. The van der Waals surface area contributed by atoms with Gasteiger partial charge >= 0.3 is 0 Å². The number of nitrogens with zero attached hydrogens (tertiary/aromatic N) is 2. The molecule has 146 valence electrons. The van der Waals surface area contributed by atoms with Crippen molar-refractivity contribution < 1.29 is 4.74 Å². The molecule has 2 N–H and O–H groups in total. The largest absolute Gasteiger partial charge is 0.489 e. The average Bonchev–Trinajstić information content (AvgIpc) is 3.05. The van der Waals surface area contributed by atoms with E-state index in [9.17, 15) is 0 Å². The van der Waals surface area contributed by atoms with Gasteiger partial charge in [0.15, 0.2) is 5.96 Å². The van der Waals surface area contributed by atoms with E-state index in [1.807, 2.05) is 12.1 Å². The van der Waals surface area contributed by atoms with E-state index in [2.05, 4.69) is 55.4 Å². The fraction of sp³-hybridized carbons (Fsp3) is 0.667. The van der Waals surface area contributed by atoms with Crippen LogP contribution in [0.25, 0.3) is 0 Å². The number of hydrogen-bond acceptors (Lipinski definition) is 3. The van der Waals surface area contributed by atoms with Crippen LogP contribution in [0.5, 0.6) is 5.75 Å². The highest BCUT2D eigenvalue weighted by atomic mass is 16.5. The maximum atomic E-state index is 5.97. The van der Waals surface area contributed by atoms with Gasteiger partial charge in [-0.3, -0.25) is 0 Å². The molecule has 5 nitrogen and oxygen atoms in total. The first kappa shape index (κ1) is 20.6. The second-order valence-electron chi connectivity index (χ2n) is 7.30. The number of likely N-dealkylation sites (tertiary alicyclic amines) is 1. The fourth-order valence-electron chi connectivity index (χ4n) is 3.36. The van der Waals surface area contributed by atoms with Gasteiger partial charge in [-0.1, -0.05) is 19.1 Å². The molecule has 26 heavy (non-hydrogen) atoms. The maximum Gasteiger partial charge on any atom is 0.191 e. The topological polar surface area (TPSA) is 48.9 Å². The molecule has 2 atom stereocenters. The molecule has 2 unspecified atom stereocenters. The smallest absolute Gasteiger partial charge is 0.191 e. The Kier molecular flexibility index (Phi) is 8.75. The molecule has 2 rings (SSSR count). The third-order valence-corrected chi connectivity index (χ3v) is 4.65. The van der Waals surface area contributed by atoms with Gasteiger partial charge in [-0.05, 0) is 70.3 Å². The van der Waals surface area contributed by atoms with Crippen molar-refractivity contribution in [2.45, 2.75) is 46.6 Å². The predicted octanol–water partition coefficient (Wildman–Crippen LogP) is 3.05. The molecule has 0 saturated carbocycles. The molecule has 5 heteroatoms. The van der Waals surface area contributed by atoms with Crippen LogP contribution in [0.4, 0.5) is 0 Å². The summed E-state index contributed by atoms with van der Waals surface area (Å²) in [6, 6.07) is 8.16. The third kappa shape index (κ3) is 7.24. The van der Waals surface area contributed by atoms with Gasteiger partial charge in [0.25, 0.3) is 0 Å². The molecule has 0 aromatic heterocycles. The highest BCUT2D eigenvalue weighted by Gasteiger charge is 2.21. The van der Waals surface area contributed by atoms with Crippen LogP contribution in [0, 0.1) is 12.8 Å². The van der Waals surface area contributed by atoms with E-state index in [0.717, 1.165) is 24.8 Å². The van der Waals surface area contributed by atoms with Crippen LogP contribution in [-0.2, 0) is 0 Å². The fourth-order valence-corrected chi connectivity index (χ4v) is 3.36. The normalized spacial score (nSPS) is 19.4. The summed E-state index contributed by atoms with van der Waals surface area (Å²) < 4.78 is 5.97. The van der Waals surface area contributed by atoms with E-state index >= 15 is 0 Å². The first-order valence-corrected chi connectivity index (χ1v) is 10.1. The monoisotopic (exact) mass is 360 g/mol. The number of benzene rings is 1. The Labute approximate surface area is 159 Å². The lowest BCUT2D eigenvalue weighted by atomic mass is 10.1. The Bertz CT molecular complexity index is 561. The number of hydrogen-bond donors (Lipinski definition) is 2. The number of nitrogens with one attached hydrogen (secondary N) is 2. The van der Waals surface area contributed by atoms with Gasteiger partial charge in [-0.25, -0.2) is 4.99 Å². The number of ether oxygens (including phenoxy) is 1. The van der Waals surface area contributed by atoms with Crippen LogP contribution >= 0.6 is 0 Å². The second-order valence-corrected chi connectivity index (χ2v) is 7.30. The molecule has 1 saturated heterocycles. The minimum Gasteiger partial charge on any atom is -0.489 e. The molecule has 1 aromatic rings. The average molecular weight is 361 g/mol. The molecular weight excluding hydrogens is 324 g/mol. The Morgan fingerprint density at radius 2 is 2.19 bits per heavy atom. The SMILES string of the molecule is CCCN1CCC(CNC(=NCC(C)Oc2cccc(C)c2)NCC)C1. The summed E-state index contributed by atoms with van der Waals surface area (Å²) in [7, 11) is 0. The van der Waals surface area contributed by atoms with Crippen LogP contribution in [0.3, 0.4) is 0 Å². The van der Waals surface area contributed by atoms with E-state index in [-0.39, 0.29) is 6.10 Å². The van der Waals surface area contributed by atoms with Gasteiger partial charge in [0, 0.05) is 19.6 Å². The van der Waals surface area contributed by atoms with Gasteiger partial charge in [0.1, 0.15) is 11.9 Å². The Hall–Kier alpha value is -1.75. The van der Waals surface area contributed by atoms with Gasteiger partial charge in [0.2, 0.25) is 0 Å². The molecule has 1 fully saturated rings. The van der Waals surface area contributed by atoms with Crippen molar-refractivity contribution in [2.75, 3.05) is 39.3 Å². The zero-order valence-electron chi connectivity index (χ0n) is 16.9. The summed E-state index contributed by atoms with van der Waals surface area (Å²) in [6.45, 7) is 14.6. The van der Waals surface area contributed by atoms with Crippen LogP contribution in [-0.4, -0.2) is 56.2 Å². The van der Waals surface area contributed by atoms with Crippen molar-refractivity contribution >= 4 is 5.96 Å². The predicted molar refractivity (Wildman–Crippen MR) is 110 cm³/mol. The van der Waals surface area contributed by atoms with Crippen molar-refractivity contribution in [3.8, 4) is 5.75 Å². The lowest BCUT2D eigenvalue weighted by Gasteiger charge is -2.18. The first-order chi connectivity index (χ1) is 12.6. The summed E-state index contributed by atoms with van der Waals surface area (Å²) in [6.07, 6.45) is 2.56. The highest BCUT2D eigenvalue weighted by molar-refractivity contribution is 5.79. The molecule has 0 amide bonds. The van der Waals surface area contributed by atoms with E-state index in [1.165, 1.54) is 38.0 Å². The summed E-state index contributed by atoms with van der Waals surface area (Å²) in [5.41, 5.74) is 1.21. The minimum absolute atomic E-state index is 0.0405. The summed E-state index contributed by atoms with van der Waals surface area (Å²) in [4.78, 5) is 7.27. The van der Waals surface area contributed by atoms with Crippen LogP contribution in [0.15, 0.2) is 29.3 Å². The zero-order chi connectivity index (χ0) is 18.8. The minimum atomic E-state index is 0.0405. The Morgan fingerprint density at radius 1 is 1.35 bits per heavy atom. The van der Waals surface area contributed by atoms with E-state index in [0.29, 0.717) is 12.5 Å². The van der Waals surface area contributed by atoms with Crippen molar-refractivity contribution in [1.82, 2.24) is 15.5 Å². The van der Waals surface area contributed by atoms with Crippen molar-refractivity contribution in [3.63, 3.8) is 0 Å². The molecule has 1 heterocycles. The lowest BCUT2D eigenvalue weighted by molar-refractivity contribution is 0.230. The Balaban J connectivity index is 1.78. The van der Waals surface area contributed by atoms with Gasteiger partial charge in [-0.15, -0.1) is 0 Å². The summed E-state index contributed by atoms with van der Waals surface area (Å²) in [5, 5.41) is 6.85. The number of aryl methyl sites for hydroxylation is 1. The van der Waals surface area contributed by atoms with E-state index in [4.69, 9.17) is 9.73 Å². The van der Waals surface area contributed by atoms with Gasteiger partial charge < -0.3 is 20.3 Å². The van der Waals surface area contributed by atoms with Crippen LogP contribution in [0.2, 0.25) is 0 Å². The van der Waals surface area contributed by atoms with Gasteiger partial charge in [0.05, 0.1) is 6.54 Å². The molecule has 1 aliphatic heterocycles. The second kappa shape index (κ2) is 11.1. The van der Waals surface area contributed by atoms with Crippen molar-refractivity contribution in [2.24, 2.45) is 10.9 Å². The molecule has 1 aromatic carbocycles. The number of rotatable bonds is 9. The lowest BCUT2D eigenvalue weighted by Crippen LogP contribution is -2.41. The van der Waals surface area contributed by atoms with E-state index in [1.54, 1.807) is 0 Å². The molecule has 0 bridgehead atoms. The number of guanidine groups is 1. The molecule has 0 aliphatic carbocycles. The van der Waals surface area contributed by atoms with Crippen LogP contribution in [0.1, 0.15) is 39.2 Å². The molecule has 0 radical (unpaired) electrons. The van der Waals surface area contributed by atoms with Crippen LogP contribution < -0.4 is 15.4 Å². The third-order valence-electron chi connectivity index (χ3n) is 4.65. The van der Waals surface area contributed by atoms with Crippen molar-refractivity contribution in [1.29, 1.82) is 0 Å². The standard InChI is InChI=1S/C21H36N4O/c1-5-11-25-12-10-19(16-25)15-24-21(22-6-2)23-14-18(4)26-20-9-7-8-17(3)13-20/h7-9,13,18-19H,5-6,10-12,14-16H2,1-4H3,(H2,22,23,24). The van der Waals surface area contributed by atoms with Crippen molar-refractivity contribution in [3.05, 3.63) is 29.8 Å². The molecule has 1 aliphatic rings. The summed E-state index contributed by atoms with van der Waals surface area (Å²) >= 11 is 0. The Morgan fingerprint density at radius 3 is 2.92 bits per heavy atom. The first-order valence-electron chi connectivity index (χ1n) is 10.1. The van der Waals surface area contributed by atoms with E-state index < -0.39 is 0 Å². The quantitative estimate of drug-likeness (QED) is 0.525. The molecule has 0 spiro atoms. The summed E-state index contributed by atoms with van der Waals surface area (Å²) in [5.74, 6) is 2.51. The molecular formula is C21H36N4O.